The number of carbonyl (C=O) groups is 1. The summed E-state index contributed by atoms with van der Waals surface area (Å²) in [5.41, 5.74) is 2.28. The van der Waals surface area contributed by atoms with Crippen LogP contribution in [0.1, 0.15) is 37.3 Å². The molecule has 0 N–H and O–H groups in total. The molecule has 152 valence electrons. The SMILES string of the molecule is O=C(N1N=CCC1c1cc(F)cc(F)c1)C12CC(Cn3cnc4ccccc43)(C1)C2. The molecule has 3 fully saturated rings. The smallest absolute Gasteiger partial charge is 0.249 e. The van der Waals surface area contributed by atoms with Crippen LogP contribution in [0.3, 0.4) is 0 Å². The van der Waals surface area contributed by atoms with Gasteiger partial charge in [-0.25, -0.2) is 18.8 Å². The van der Waals surface area contributed by atoms with Crippen molar-refractivity contribution in [1.82, 2.24) is 14.6 Å². The summed E-state index contributed by atoms with van der Waals surface area (Å²) in [5.74, 6) is -1.30. The fourth-order valence-electron chi connectivity index (χ4n) is 5.79. The molecule has 1 amide bonds. The molecule has 2 heterocycles. The second kappa shape index (κ2) is 5.97. The van der Waals surface area contributed by atoms with E-state index < -0.39 is 17.7 Å². The number of para-hydroxylation sites is 2. The lowest BCUT2D eigenvalue weighted by molar-refractivity contribution is -0.222. The largest absolute Gasteiger partial charge is 0.330 e. The minimum Gasteiger partial charge on any atom is -0.330 e. The zero-order chi connectivity index (χ0) is 20.5. The monoisotopic (exact) mass is 406 g/mol. The average Bonchev–Trinajstić information content (AvgIpc) is 3.29. The molecule has 4 aliphatic rings. The van der Waals surface area contributed by atoms with E-state index in [9.17, 15) is 13.6 Å². The topological polar surface area (TPSA) is 50.5 Å². The van der Waals surface area contributed by atoms with Gasteiger partial charge in [0.2, 0.25) is 5.91 Å². The summed E-state index contributed by atoms with van der Waals surface area (Å²) in [6, 6.07) is 11.0. The number of hydrazone groups is 1. The number of halogens is 2. The van der Waals surface area contributed by atoms with Crippen LogP contribution in [0.15, 0.2) is 53.9 Å². The third-order valence-corrected chi connectivity index (χ3v) is 6.93. The van der Waals surface area contributed by atoms with E-state index in [0.29, 0.717) is 12.0 Å². The number of amides is 1. The van der Waals surface area contributed by atoms with Crippen LogP contribution in [0, 0.1) is 22.5 Å². The number of nitrogens with zero attached hydrogens (tertiary/aromatic N) is 4. The van der Waals surface area contributed by atoms with E-state index in [1.54, 1.807) is 6.21 Å². The van der Waals surface area contributed by atoms with Crippen molar-refractivity contribution in [2.75, 3.05) is 0 Å². The van der Waals surface area contributed by atoms with Crippen LogP contribution in [-0.4, -0.2) is 26.7 Å². The minimum absolute atomic E-state index is 0.0247. The standard InChI is InChI=1S/C23H20F2N4O/c24-16-7-15(8-17(25)9-16)19-5-6-27-29(19)21(30)23-10-22(11-23,12-23)13-28-14-26-18-3-1-2-4-20(18)28/h1-4,6-9,14,19H,5,10-13H2. The summed E-state index contributed by atoms with van der Waals surface area (Å²) >= 11 is 0. The van der Waals surface area contributed by atoms with Gasteiger partial charge in [0.05, 0.1) is 28.8 Å². The highest BCUT2D eigenvalue weighted by molar-refractivity contribution is 5.88. The number of hydrogen-bond donors (Lipinski definition) is 0. The van der Waals surface area contributed by atoms with E-state index in [2.05, 4.69) is 20.7 Å². The van der Waals surface area contributed by atoms with Crippen molar-refractivity contribution in [2.45, 2.75) is 38.3 Å². The molecule has 7 heteroatoms. The lowest BCUT2D eigenvalue weighted by Gasteiger charge is -2.70. The third kappa shape index (κ3) is 2.47. The summed E-state index contributed by atoms with van der Waals surface area (Å²) in [6.07, 6.45) is 6.46. The molecule has 3 aliphatic carbocycles. The number of fused-ring (bicyclic) bond motifs is 1. The highest BCUT2D eigenvalue weighted by Crippen LogP contribution is 2.74. The van der Waals surface area contributed by atoms with Gasteiger partial charge in [-0.05, 0) is 54.5 Å². The van der Waals surface area contributed by atoms with Crippen LogP contribution >= 0.6 is 0 Å². The summed E-state index contributed by atoms with van der Waals surface area (Å²) in [4.78, 5) is 17.8. The van der Waals surface area contributed by atoms with Gasteiger partial charge in [-0.3, -0.25) is 4.79 Å². The molecule has 2 bridgehead atoms. The molecule has 2 aromatic carbocycles. The van der Waals surface area contributed by atoms with Crippen LogP contribution in [0.25, 0.3) is 11.0 Å². The Kier molecular flexibility index (Phi) is 3.53. The van der Waals surface area contributed by atoms with Crippen LogP contribution in [0.2, 0.25) is 0 Å². The molecule has 0 radical (unpaired) electrons. The number of hydrogen-bond acceptors (Lipinski definition) is 3. The van der Waals surface area contributed by atoms with Gasteiger partial charge in [-0.15, -0.1) is 0 Å². The van der Waals surface area contributed by atoms with E-state index in [0.717, 1.165) is 42.9 Å². The maximum atomic E-state index is 13.7. The number of aromatic nitrogens is 2. The van der Waals surface area contributed by atoms with Crippen molar-refractivity contribution in [3.05, 3.63) is 66.0 Å². The number of rotatable bonds is 4. The first-order chi connectivity index (χ1) is 14.5. The van der Waals surface area contributed by atoms with Gasteiger partial charge >= 0.3 is 0 Å². The van der Waals surface area contributed by atoms with E-state index in [4.69, 9.17) is 0 Å². The molecular weight excluding hydrogens is 386 g/mol. The maximum Gasteiger partial charge on any atom is 0.249 e. The number of imidazole rings is 1. The first-order valence-electron chi connectivity index (χ1n) is 10.2. The van der Waals surface area contributed by atoms with Crippen molar-refractivity contribution < 1.29 is 13.6 Å². The van der Waals surface area contributed by atoms with Gasteiger partial charge < -0.3 is 4.57 Å². The molecule has 0 spiro atoms. The predicted octanol–water partition coefficient (Wildman–Crippen LogP) is 4.44. The molecular formula is C23H20F2N4O. The molecule has 3 aromatic rings. The minimum atomic E-state index is -0.638. The van der Waals surface area contributed by atoms with Gasteiger partial charge in [-0.1, -0.05) is 12.1 Å². The molecule has 1 atom stereocenters. The Morgan fingerprint density at radius 1 is 1.10 bits per heavy atom. The summed E-state index contributed by atoms with van der Waals surface area (Å²) < 4.78 is 29.5. The summed E-state index contributed by atoms with van der Waals surface area (Å²) in [5, 5.41) is 5.71. The van der Waals surface area contributed by atoms with Gasteiger partial charge in [-0.2, -0.15) is 5.10 Å². The predicted molar refractivity (Wildman–Crippen MR) is 108 cm³/mol. The van der Waals surface area contributed by atoms with Gasteiger partial charge in [0, 0.05) is 25.2 Å². The van der Waals surface area contributed by atoms with E-state index in [-0.39, 0.29) is 16.7 Å². The highest BCUT2D eigenvalue weighted by atomic mass is 19.1. The molecule has 3 saturated carbocycles. The zero-order valence-electron chi connectivity index (χ0n) is 16.3. The first-order valence-corrected chi connectivity index (χ1v) is 10.2. The van der Waals surface area contributed by atoms with Gasteiger partial charge in [0.15, 0.2) is 0 Å². The van der Waals surface area contributed by atoms with Crippen LogP contribution in [0.5, 0.6) is 0 Å². The van der Waals surface area contributed by atoms with E-state index in [1.807, 2.05) is 24.5 Å². The van der Waals surface area contributed by atoms with Gasteiger partial charge in [0.1, 0.15) is 11.6 Å². The lowest BCUT2D eigenvalue weighted by Crippen LogP contribution is -2.68. The Hall–Kier alpha value is -3.09. The first kappa shape index (κ1) is 17.7. The maximum absolute atomic E-state index is 13.7. The van der Waals surface area contributed by atoms with Crippen molar-refractivity contribution >= 4 is 23.2 Å². The van der Waals surface area contributed by atoms with E-state index in [1.165, 1.54) is 17.1 Å². The fourth-order valence-corrected chi connectivity index (χ4v) is 5.79. The third-order valence-electron chi connectivity index (χ3n) is 6.93. The van der Waals surface area contributed by atoms with Crippen molar-refractivity contribution in [2.24, 2.45) is 15.9 Å². The second-order valence-corrected chi connectivity index (χ2v) is 9.07. The van der Waals surface area contributed by atoms with Crippen molar-refractivity contribution in [3.8, 4) is 0 Å². The molecule has 5 nitrogen and oxygen atoms in total. The van der Waals surface area contributed by atoms with Gasteiger partial charge in [0.25, 0.3) is 0 Å². The Balaban J connectivity index is 1.18. The number of carbonyl (C=O) groups excluding carboxylic acids is 1. The van der Waals surface area contributed by atoms with E-state index >= 15 is 0 Å². The van der Waals surface area contributed by atoms with Crippen molar-refractivity contribution in [1.29, 1.82) is 0 Å². The summed E-state index contributed by atoms with van der Waals surface area (Å²) in [7, 11) is 0. The molecule has 1 unspecified atom stereocenters. The van der Waals surface area contributed by atoms with Crippen molar-refractivity contribution in [3.63, 3.8) is 0 Å². The quantitative estimate of drug-likeness (QED) is 0.643. The lowest BCUT2D eigenvalue weighted by atomic mass is 9.34. The fraction of sp³-hybridized carbons (Fsp3) is 0.348. The Bertz CT molecular complexity index is 1180. The molecule has 1 aliphatic heterocycles. The second-order valence-electron chi connectivity index (χ2n) is 9.07. The normalized spacial score (nSPS) is 29.1. The molecule has 30 heavy (non-hydrogen) atoms. The molecule has 7 rings (SSSR count). The molecule has 0 saturated heterocycles. The zero-order valence-corrected chi connectivity index (χ0v) is 16.3. The van der Waals surface area contributed by atoms with Crippen LogP contribution in [0.4, 0.5) is 8.78 Å². The Morgan fingerprint density at radius 3 is 2.60 bits per heavy atom. The Labute approximate surface area is 172 Å². The Morgan fingerprint density at radius 2 is 1.83 bits per heavy atom. The summed E-state index contributed by atoms with van der Waals surface area (Å²) in [6.45, 7) is 0.852. The number of benzene rings is 2. The average molecular weight is 406 g/mol. The van der Waals surface area contributed by atoms with Crippen LogP contribution in [-0.2, 0) is 11.3 Å². The molecule has 1 aromatic heterocycles. The van der Waals surface area contributed by atoms with Crippen LogP contribution < -0.4 is 0 Å². The highest BCUT2D eigenvalue weighted by Gasteiger charge is 2.72.